The molecule has 0 spiro atoms. The summed E-state index contributed by atoms with van der Waals surface area (Å²) in [4.78, 5) is 28.0. The van der Waals surface area contributed by atoms with Crippen LogP contribution in [0.3, 0.4) is 0 Å². The number of aromatic hydroxyl groups is 1. The number of carbonyl (C=O) groups excluding carboxylic acids is 2. The van der Waals surface area contributed by atoms with Crippen LogP contribution >= 0.6 is 11.6 Å². The number of aliphatic hydroxyl groups excluding tert-OH is 1. The molecule has 1 amide bonds. The zero-order chi connectivity index (χ0) is 26.0. The number of anilines is 1. The molecule has 1 heterocycles. The van der Waals surface area contributed by atoms with Crippen LogP contribution in [0.4, 0.5) is 5.69 Å². The highest BCUT2D eigenvalue weighted by atomic mass is 35.5. The number of phenols is 1. The highest BCUT2D eigenvalue weighted by Gasteiger charge is 2.47. The molecule has 186 valence electrons. The number of nitrogens with zero attached hydrogens (tertiary/aromatic N) is 1. The third-order valence-electron chi connectivity index (χ3n) is 5.75. The Morgan fingerprint density at radius 2 is 1.78 bits per heavy atom. The fourth-order valence-corrected chi connectivity index (χ4v) is 4.26. The molecule has 1 unspecified atom stereocenters. The zero-order valence-corrected chi connectivity index (χ0v) is 20.8. The smallest absolute Gasteiger partial charge is 0.300 e. The summed E-state index contributed by atoms with van der Waals surface area (Å²) < 4.78 is 11.1. The third-order valence-corrected chi connectivity index (χ3v) is 5.98. The van der Waals surface area contributed by atoms with Crippen LogP contribution in [0.5, 0.6) is 17.2 Å². The van der Waals surface area contributed by atoms with E-state index in [1.165, 1.54) is 30.2 Å². The molecule has 3 aromatic carbocycles. The van der Waals surface area contributed by atoms with Crippen molar-refractivity contribution in [2.75, 3.05) is 18.6 Å². The Kier molecular flexibility index (Phi) is 7.22. The first-order chi connectivity index (χ1) is 17.2. The van der Waals surface area contributed by atoms with Crippen LogP contribution in [0.2, 0.25) is 5.02 Å². The summed E-state index contributed by atoms with van der Waals surface area (Å²) in [5, 5.41) is 21.8. The molecule has 0 aromatic heterocycles. The number of ether oxygens (including phenoxy) is 2. The van der Waals surface area contributed by atoms with Crippen molar-refractivity contribution in [2.45, 2.75) is 19.9 Å². The van der Waals surface area contributed by atoms with Gasteiger partial charge in [0.2, 0.25) is 0 Å². The van der Waals surface area contributed by atoms with Crippen LogP contribution < -0.4 is 14.4 Å². The predicted octanol–water partition coefficient (Wildman–Crippen LogP) is 5.72. The lowest BCUT2D eigenvalue weighted by Gasteiger charge is -2.26. The monoisotopic (exact) mass is 507 g/mol. The maximum atomic E-state index is 13.3. The van der Waals surface area contributed by atoms with E-state index in [0.29, 0.717) is 34.5 Å². The van der Waals surface area contributed by atoms with Gasteiger partial charge < -0.3 is 19.7 Å². The number of carbonyl (C=O) groups is 2. The molecule has 0 bridgehead atoms. The van der Waals surface area contributed by atoms with Gasteiger partial charge in [0.15, 0.2) is 0 Å². The Morgan fingerprint density at radius 1 is 1.06 bits per heavy atom. The van der Waals surface area contributed by atoms with E-state index in [2.05, 4.69) is 0 Å². The van der Waals surface area contributed by atoms with Crippen LogP contribution in [0.25, 0.3) is 5.76 Å². The SMILES string of the molecule is COc1ccc(Cl)cc1/C(O)=C1\C(=O)C(=O)N(c2ccc(OCC(C)C)cc2)C1c1cccc(O)c1. The average molecular weight is 508 g/mol. The third kappa shape index (κ3) is 4.88. The second-order valence-corrected chi connectivity index (χ2v) is 9.24. The number of methoxy groups -OCH3 is 1. The maximum Gasteiger partial charge on any atom is 0.300 e. The Morgan fingerprint density at radius 3 is 2.42 bits per heavy atom. The van der Waals surface area contributed by atoms with E-state index in [0.717, 1.165) is 0 Å². The molecule has 1 fully saturated rings. The minimum Gasteiger partial charge on any atom is -0.508 e. The van der Waals surface area contributed by atoms with Gasteiger partial charge in [-0.1, -0.05) is 37.6 Å². The number of amides is 1. The predicted molar refractivity (Wildman–Crippen MR) is 138 cm³/mol. The van der Waals surface area contributed by atoms with E-state index >= 15 is 0 Å². The van der Waals surface area contributed by atoms with E-state index in [9.17, 15) is 19.8 Å². The molecule has 3 aromatic rings. The van der Waals surface area contributed by atoms with Gasteiger partial charge in [-0.05, 0) is 66.1 Å². The number of hydrogen-bond donors (Lipinski definition) is 2. The van der Waals surface area contributed by atoms with Gasteiger partial charge in [0, 0.05) is 10.7 Å². The number of Topliss-reactive ketones (excluding diaryl/α,β-unsaturated/α-hetero) is 1. The van der Waals surface area contributed by atoms with Crippen molar-refractivity contribution in [1.82, 2.24) is 0 Å². The fourth-order valence-electron chi connectivity index (χ4n) is 4.09. The molecule has 2 N–H and O–H groups in total. The van der Waals surface area contributed by atoms with Crippen molar-refractivity contribution in [1.29, 1.82) is 0 Å². The number of rotatable bonds is 7. The van der Waals surface area contributed by atoms with E-state index in [1.807, 2.05) is 13.8 Å². The van der Waals surface area contributed by atoms with Crippen molar-refractivity contribution in [3.05, 3.63) is 88.5 Å². The highest BCUT2D eigenvalue weighted by molar-refractivity contribution is 6.51. The molecule has 0 radical (unpaired) electrons. The van der Waals surface area contributed by atoms with E-state index < -0.39 is 23.5 Å². The average Bonchev–Trinajstić information content (AvgIpc) is 3.13. The summed E-state index contributed by atoms with van der Waals surface area (Å²) in [7, 11) is 1.42. The van der Waals surface area contributed by atoms with E-state index in [4.69, 9.17) is 21.1 Å². The molecule has 1 saturated heterocycles. The summed E-state index contributed by atoms with van der Waals surface area (Å²) in [6, 6.07) is 16.6. The molecule has 0 saturated carbocycles. The molecule has 4 rings (SSSR count). The first-order valence-electron chi connectivity index (χ1n) is 11.4. The highest BCUT2D eigenvalue weighted by Crippen LogP contribution is 2.44. The van der Waals surface area contributed by atoms with Gasteiger partial charge >= 0.3 is 0 Å². The number of aliphatic hydroxyl groups is 1. The van der Waals surface area contributed by atoms with Crippen LogP contribution in [0, 0.1) is 5.92 Å². The van der Waals surface area contributed by atoms with Crippen molar-refractivity contribution >= 4 is 34.7 Å². The molecule has 1 aliphatic heterocycles. The Balaban J connectivity index is 1.87. The minimum absolute atomic E-state index is 0.0455. The summed E-state index contributed by atoms with van der Waals surface area (Å²) >= 11 is 6.15. The molecule has 8 heteroatoms. The molecule has 36 heavy (non-hydrogen) atoms. The number of benzene rings is 3. The Labute approximate surface area is 214 Å². The summed E-state index contributed by atoms with van der Waals surface area (Å²) in [5.74, 6) is -0.913. The first-order valence-corrected chi connectivity index (χ1v) is 11.8. The van der Waals surface area contributed by atoms with Gasteiger partial charge in [0.05, 0.1) is 30.9 Å². The second-order valence-electron chi connectivity index (χ2n) is 8.81. The second kappa shape index (κ2) is 10.3. The van der Waals surface area contributed by atoms with E-state index in [1.54, 1.807) is 48.5 Å². The summed E-state index contributed by atoms with van der Waals surface area (Å²) in [6.45, 7) is 4.62. The largest absolute Gasteiger partial charge is 0.508 e. The standard InChI is InChI=1S/C28H26ClNO6/c1-16(2)15-36-21-10-8-19(9-11-21)30-25(17-5-4-6-20(31)13-17)24(27(33)28(30)34)26(32)22-14-18(29)7-12-23(22)35-3/h4-14,16,25,31-32H,15H2,1-3H3/b26-24+. The van der Waals surface area contributed by atoms with Gasteiger partial charge in [0.25, 0.3) is 11.7 Å². The Hall–Kier alpha value is -3.97. The lowest BCUT2D eigenvalue weighted by atomic mass is 9.94. The zero-order valence-electron chi connectivity index (χ0n) is 20.1. The van der Waals surface area contributed by atoms with Gasteiger partial charge in [0.1, 0.15) is 23.0 Å². The topological polar surface area (TPSA) is 96.3 Å². The normalized spacial score (nSPS) is 17.0. The van der Waals surface area contributed by atoms with Crippen LogP contribution in [0.1, 0.15) is 31.0 Å². The number of hydrogen-bond acceptors (Lipinski definition) is 6. The van der Waals surface area contributed by atoms with Gasteiger partial charge in [-0.15, -0.1) is 0 Å². The van der Waals surface area contributed by atoms with Crippen LogP contribution in [-0.4, -0.2) is 35.6 Å². The molecule has 1 aliphatic rings. The number of phenolic OH excluding ortho intramolecular Hbond substituents is 1. The number of ketones is 1. The molecular formula is C28H26ClNO6. The molecular weight excluding hydrogens is 482 g/mol. The van der Waals surface area contributed by atoms with Gasteiger partial charge in [-0.3, -0.25) is 14.5 Å². The quantitative estimate of drug-likeness (QED) is 0.241. The molecule has 0 aliphatic carbocycles. The lowest BCUT2D eigenvalue weighted by Crippen LogP contribution is -2.29. The Bertz CT molecular complexity index is 1330. The number of halogens is 1. The van der Waals surface area contributed by atoms with Crippen molar-refractivity contribution in [3.63, 3.8) is 0 Å². The molecule has 7 nitrogen and oxygen atoms in total. The maximum absolute atomic E-state index is 13.3. The molecule has 1 atom stereocenters. The van der Waals surface area contributed by atoms with Crippen molar-refractivity contribution < 1.29 is 29.3 Å². The first kappa shape index (κ1) is 25.1. The minimum atomic E-state index is -1.01. The van der Waals surface area contributed by atoms with Crippen molar-refractivity contribution in [2.24, 2.45) is 5.92 Å². The van der Waals surface area contributed by atoms with E-state index in [-0.39, 0.29) is 22.6 Å². The summed E-state index contributed by atoms with van der Waals surface area (Å²) in [5.41, 5.74) is 0.896. The van der Waals surface area contributed by atoms with Gasteiger partial charge in [-0.25, -0.2) is 0 Å². The van der Waals surface area contributed by atoms with Crippen LogP contribution in [0.15, 0.2) is 72.3 Å². The fraction of sp³-hybridized carbons (Fsp3) is 0.214. The van der Waals surface area contributed by atoms with Crippen LogP contribution in [-0.2, 0) is 9.59 Å². The summed E-state index contributed by atoms with van der Waals surface area (Å²) in [6.07, 6.45) is 0. The van der Waals surface area contributed by atoms with Crippen molar-refractivity contribution in [3.8, 4) is 17.2 Å². The lowest BCUT2D eigenvalue weighted by molar-refractivity contribution is -0.132. The van der Waals surface area contributed by atoms with Gasteiger partial charge in [-0.2, -0.15) is 0 Å².